The van der Waals surface area contributed by atoms with Crippen molar-refractivity contribution in [1.29, 1.82) is 0 Å². The van der Waals surface area contributed by atoms with E-state index in [-0.39, 0.29) is 28.6 Å². The van der Waals surface area contributed by atoms with Crippen LogP contribution < -0.4 is 0 Å². The van der Waals surface area contributed by atoms with Gasteiger partial charge in [0.05, 0.1) is 11.5 Å². The summed E-state index contributed by atoms with van der Waals surface area (Å²) in [6.45, 7) is 1.83. The molecule has 1 saturated carbocycles. The maximum absolute atomic E-state index is 13.6. The number of carbonyl (C=O) groups is 1. The van der Waals surface area contributed by atoms with Gasteiger partial charge < -0.3 is 5.11 Å². The predicted molar refractivity (Wildman–Crippen MR) is 75.4 cm³/mol. The number of hydrogen-bond acceptors (Lipinski definition) is 4. The van der Waals surface area contributed by atoms with Crippen molar-refractivity contribution >= 4 is 11.6 Å². The molecule has 1 aromatic rings. The molecule has 1 aliphatic carbocycles. The molecule has 1 fully saturated rings. The van der Waals surface area contributed by atoms with Gasteiger partial charge in [-0.3, -0.25) is 9.78 Å². The highest BCUT2D eigenvalue weighted by atomic mass is 19.4. The molecular formula is C15H16F3N3O2. The molecule has 2 heterocycles. The SMILES string of the molecule is C[C@@H]1CCC2=NN(C(=O)c3cccnc3)[C@](O)(C(F)(F)F)[C@H]2C1. The van der Waals surface area contributed by atoms with Crippen LogP contribution in [0.2, 0.25) is 0 Å². The van der Waals surface area contributed by atoms with Crippen LogP contribution in [0.3, 0.4) is 0 Å². The number of pyridine rings is 1. The molecule has 0 bridgehead atoms. The molecule has 0 radical (unpaired) electrons. The zero-order valence-electron chi connectivity index (χ0n) is 12.4. The monoisotopic (exact) mass is 327 g/mol. The van der Waals surface area contributed by atoms with Crippen LogP contribution in [0, 0.1) is 11.8 Å². The average molecular weight is 327 g/mol. The molecule has 0 unspecified atom stereocenters. The lowest BCUT2D eigenvalue weighted by Crippen LogP contribution is -2.61. The zero-order chi connectivity index (χ0) is 16.8. The van der Waals surface area contributed by atoms with E-state index in [1.165, 1.54) is 18.3 Å². The molecule has 2 aliphatic rings. The van der Waals surface area contributed by atoms with Crippen LogP contribution in [0.15, 0.2) is 29.6 Å². The van der Waals surface area contributed by atoms with Crippen molar-refractivity contribution in [2.24, 2.45) is 16.9 Å². The number of amides is 1. The Kier molecular flexibility index (Phi) is 3.66. The number of rotatable bonds is 1. The summed E-state index contributed by atoms with van der Waals surface area (Å²) in [5.41, 5.74) is -3.12. The van der Waals surface area contributed by atoms with Gasteiger partial charge in [-0.1, -0.05) is 6.92 Å². The van der Waals surface area contributed by atoms with E-state index in [9.17, 15) is 23.1 Å². The average Bonchev–Trinajstić information content (AvgIpc) is 2.81. The van der Waals surface area contributed by atoms with Gasteiger partial charge in [-0.15, -0.1) is 0 Å². The van der Waals surface area contributed by atoms with E-state index in [1.807, 2.05) is 6.92 Å². The number of carbonyl (C=O) groups excluding carboxylic acids is 1. The van der Waals surface area contributed by atoms with E-state index in [0.29, 0.717) is 12.8 Å². The second-order valence-corrected chi connectivity index (χ2v) is 6.11. The van der Waals surface area contributed by atoms with Crippen molar-refractivity contribution in [3.8, 4) is 0 Å². The fourth-order valence-electron chi connectivity index (χ4n) is 3.22. The fraction of sp³-hybridized carbons (Fsp3) is 0.533. The van der Waals surface area contributed by atoms with Gasteiger partial charge in [-0.05, 0) is 37.3 Å². The van der Waals surface area contributed by atoms with E-state index < -0.39 is 23.7 Å². The third-order valence-corrected chi connectivity index (χ3v) is 4.49. The Morgan fingerprint density at radius 3 is 2.83 bits per heavy atom. The summed E-state index contributed by atoms with van der Waals surface area (Å²) in [5.74, 6) is -2.19. The van der Waals surface area contributed by atoms with Crippen LogP contribution in [0.1, 0.15) is 36.5 Å². The molecule has 0 saturated heterocycles. The van der Waals surface area contributed by atoms with Crippen LogP contribution in [0.5, 0.6) is 0 Å². The van der Waals surface area contributed by atoms with E-state index in [0.717, 1.165) is 6.20 Å². The minimum Gasteiger partial charge on any atom is -0.362 e. The van der Waals surface area contributed by atoms with Crippen LogP contribution in [-0.4, -0.2) is 38.6 Å². The molecular weight excluding hydrogens is 311 g/mol. The Bertz CT molecular complexity index is 647. The van der Waals surface area contributed by atoms with Crippen LogP contribution in [-0.2, 0) is 0 Å². The molecule has 3 atom stereocenters. The first-order valence-electron chi connectivity index (χ1n) is 7.36. The lowest BCUT2D eigenvalue weighted by molar-refractivity contribution is -0.313. The van der Waals surface area contributed by atoms with E-state index in [1.54, 1.807) is 0 Å². The predicted octanol–water partition coefficient (Wildman–Crippen LogP) is 2.58. The summed E-state index contributed by atoms with van der Waals surface area (Å²) < 4.78 is 40.9. The summed E-state index contributed by atoms with van der Waals surface area (Å²) >= 11 is 0. The second kappa shape index (κ2) is 5.30. The number of fused-ring (bicyclic) bond motifs is 1. The van der Waals surface area contributed by atoms with E-state index >= 15 is 0 Å². The summed E-state index contributed by atoms with van der Waals surface area (Å²) in [6.07, 6.45) is -1.25. The summed E-state index contributed by atoms with van der Waals surface area (Å²) in [4.78, 5) is 16.2. The third kappa shape index (κ3) is 2.41. The number of nitrogens with zero attached hydrogens (tertiary/aromatic N) is 3. The highest BCUT2D eigenvalue weighted by Crippen LogP contribution is 2.49. The molecule has 124 valence electrons. The fourth-order valence-corrected chi connectivity index (χ4v) is 3.22. The molecule has 5 nitrogen and oxygen atoms in total. The summed E-state index contributed by atoms with van der Waals surface area (Å²) in [6, 6.07) is 2.79. The zero-order valence-corrected chi connectivity index (χ0v) is 12.4. The molecule has 1 aromatic heterocycles. The molecule has 0 aromatic carbocycles. The molecule has 1 amide bonds. The number of hydrazone groups is 1. The Morgan fingerprint density at radius 1 is 1.48 bits per heavy atom. The number of alkyl halides is 3. The quantitative estimate of drug-likeness (QED) is 0.862. The van der Waals surface area contributed by atoms with Crippen molar-refractivity contribution in [3.05, 3.63) is 30.1 Å². The maximum atomic E-state index is 13.6. The maximum Gasteiger partial charge on any atom is 0.439 e. The van der Waals surface area contributed by atoms with Crippen LogP contribution >= 0.6 is 0 Å². The first-order valence-corrected chi connectivity index (χ1v) is 7.36. The highest BCUT2D eigenvalue weighted by Gasteiger charge is 2.68. The molecule has 1 aliphatic heterocycles. The Balaban J connectivity index is 2.04. The number of aromatic nitrogens is 1. The minimum atomic E-state index is -5.00. The Labute approximate surface area is 130 Å². The van der Waals surface area contributed by atoms with Gasteiger partial charge >= 0.3 is 6.18 Å². The smallest absolute Gasteiger partial charge is 0.362 e. The summed E-state index contributed by atoms with van der Waals surface area (Å²) in [7, 11) is 0. The van der Waals surface area contributed by atoms with Gasteiger partial charge in [0.15, 0.2) is 0 Å². The van der Waals surface area contributed by atoms with Crippen molar-refractivity contribution in [3.63, 3.8) is 0 Å². The molecule has 3 rings (SSSR count). The minimum absolute atomic E-state index is 0.0290. The molecule has 1 N–H and O–H groups in total. The van der Waals surface area contributed by atoms with Gasteiger partial charge in [-0.2, -0.15) is 23.3 Å². The van der Waals surface area contributed by atoms with Gasteiger partial charge in [0.2, 0.25) is 0 Å². The van der Waals surface area contributed by atoms with Crippen molar-refractivity contribution in [2.45, 2.75) is 38.1 Å². The first-order chi connectivity index (χ1) is 10.7. The largest absolute Gasteiger partial charge is 0.439 e. The summed E-state index contributed by atoms with van der Waals surface area (Å²) in [5, 5.41) is 14.5. The van der Waals surface area contributed by atoms with Crippen LogP contribution in [0.4, 0.5) is 13.2 Å². The van der Waals surface area contributed by atoms with Crippen molar-refractivity contribution < 1.29 is 23.1 Å². The first kappa shape index (κ1) is 15.9. The third-order valence-electron chi connectivity index (χ3n) is 4.49. The molecule has 23 heavy (non-hydrogen) atoms. The van der Waals surface area contributed by atoms with Crippen molar-refractivity contribution in [1.82, 2.24) is 9.99 Å². The van der Waals surface area contributed by atoms with Gasteiger partial charge in [0.25, 0.3) is 11.6 Å². The number of hydrogen-bond donors (Lipinski definition) is 1. The number of halogens is 3. The topological polar surface area (TPSA) is 65.8 Å². The standard InChI is InChI=1S/C15H16F3N3O2/c1-9-4-5-12-11(7-9)14(23,15(16,17)18)21(20-12)13(22)10-3-2-6-19-8-10/h2-3,6,8-9,11,23H,4-5,7H2,1H3/t9-,11+,14-/m1/s1. The Hall–Kier alpha value is -1.96. The second-order valence-electron chi connectivity index (χ2n) is 6.11. The lowest BCUT2D eigenvalue weighted by atomic mass is 9.76. The number of aliphatic hydroxyl groups is 1. The van der Waals surface area contributed by atoms with Crippen molar-refractivity contribution in [2.75, 3.05) is 0 Å². The Morgan fingerprint density at radius 2 is 2.22 bits per heavy atom. The normalized spacial score (nSPS) is 30.8. The molecule has 8 heteroatoms. The van der Waals surface area contributed by atoms with E-state index in [4.69, 9.17) is 0 Å². The molecule has 0 spiro atoms. The lowest BCUT2D eigenvalue weighted by Gasteiger charge is -2.39. The van der Waals surface area contributed by atoms with Gasteiger partial charge in [0.1, 0.15) is 0 Å². The van der Waals surface area contributed by atoms with Gasteiger partial charge in [-0.25, -0.2) is 0 Å². The highest BCUT2D eigenvalue weighted by molar-refractivity contribution is 5.99. The van der Waals surface area contributed by atoms with Crippen LogP contribution in [0.25, 0.3) is 0 Å². The van der Waals surface area contributed by atoms with E-state index in [2.05, 4.69) is 10.1 Å². The van der Waals surface area contributed by atoms with Gasteiger partial charge in [0, 0.05) is 18.1 Å².